The van der Waals surface area contributed by atoms with E-state index in [2.05, 4.69) is 4.74 Å². The summed E-state index contributed by atoms with van der Waals surface area (Å²) in [4.78, 5) is 1.66. The normalized spacial score (nSPS) is 10.5. The lowest BCUT2D eigenvalue weighted by Gasteiger charge is -2.09. The summed E-state index contributed by atoms with van der Waals surface area (Å²) in [5.74, 6) is 0.205. The lowest BCUT2D eigenvalue weighted by Crippen LogP contribution is -2.02. The maximum absolute atomic E-state index is 12.2. The number of hydrogen-bond donors (Lipinski definition) is 0. The van der Waals surface area contributed by atoms with Crippen LogP contribution in [0.15, 0.2) is 64.4 Å². The van der Waals surface area contributed by atoms with Gasteiger partial charge in [-0.2, -0.15) is 8.78 Å². The van der Waals surface area contributed by atoms with Crippen LogP contribution in [-0.4, -0.2) is 6.61 Å². The predicted molar refractivity (Wildman–Crippen MR) is 63.6 cm³/mol. The van der Waals surface area contributed by atoms with Gasteiger partial charge in [0.25, 0.3) is 0 Å². The van der Waals surface area contributed by atoms with Crippen LogP contribution in [0.4, 0.5) is 8.78 Å². The molecular formula is C13H10F2OS. The van der Waals surface area contributed by atoms with Gasteiger partial charge >= 0.3 is 6.61 Å². The Bertz CT molecular complexity index is 474. The monoisotopic (exact) mass is 252 g/mol. The molecule has 0 spiro atoms. The Hall–Kier alpha value is -1.55. The summed E-state index contributed by atoms with van der Waals surface area (Å²) in [7, 11) is 0. The van der Waals surface area contributed by atoms with Crippen LogP contribution in [0.1, 0.15) is 0 Å². The second kappa shape index (κ2) is 5.68. The van der Waals surface area contributed by atoms with E-state index in [0.29, 0.717) is 4.90 Å². The summed E-state index contributed by atoms with van der Waals surface area (Å²) in [5.41, 5.74) is 0. The zero-order chi connectivity index (χ0) is 12.1. The second-order valence-electron chi connectivity index (χ2n) is 3.24. The van der Waals surface area contributed by atoms with E-state index in [4.69, 9.17) is 0 Å². The average Bonchev–Trinajstić information content (AvgIpc) is 2.32. The highest BCUT2D eigenvalue weighted by atomic mass is 32.2. The molecule has 0 radical (unpaired) electrons. The molecule has 0 saturated heterocycles. The van der Waals surface area contributed by atoms with Crippen molar-refractivity contribution in [3.63, 3.8) is 0 Å². The van der Waals surface area contributed by atoms with E-state index in [0.717, 1.165) is 4.90 Å². The summed E-state index contributed by atoms with van der Waals surface area (Å²) >= 11 is 1.40. The number of ether oxygens (including phenoxy) is 1. The first-order valence-corrected chi connectivity index (χ1v) is 5.84. The maximum atomic E-state index is 12.2. The van der Waals surface area contributed by atoms with E-state index in [1.165, 1.54) is 17.8 Å². The van der Waals surface area contributed by atoms with Gasteiger partial charge in [0.2, 0.25) is 0 Å². The van der Waals surface area contributed by atoms with Crippen LogP contribution in [0.2, 0.25) is 0 Å². The molecule has 0 amide bonds. The molecule has 2 rings (SSSR count). The van der Waals surface area contributed by atoms with Gasteiger partial charge in [-0.05, 0) is 24.3 Å². The second-order valence-corrected chi connectivity index (χ2v) is 4.36. The molecule has 0 aromatic heterocycles. The van der Waals surface area contributed by atoms with E-state index in [1.54, 1.807) is 18.2 Å². The zero-order valence-corrected chi connectivity index (χ0v) is 9.66. The summed E-state index contributed by atoms with van der Waals surface area (Å²) in [6.45, 7) is -2.80. The molecule has 4 heteroatoms. The summed E-state index contributed by atoms with van der Waals surface area (Å²) < 4.78 is 28.9. The number of hydrogen-bond acceptors (Lipinski definition) is 2. The molecule has 0 fully saturated rings. The van der Waals surface area contributed by atoms with E-state index in [9.17, 15) is 8.78 Å². The summed E-state index contributed by atoms with van der Waals surface area (Å²) in [5, 5.41) is 0. The molecule has 0 unspecified atom stereocenters. The molecule has 88 valence electrons. The van der Waals surface area contributed by atoms with Crippen LogP contribution >= 0.6 is 11.8 Å². The topological polar surface area (TPSA) is 9.23 Å². The number of rotatable bonds is 4. The molecule has 0 aliphatic heterocycles. The van der Waals surface area contributed by atoms with Gasteiger partial charge in [0.15, 0.2) is 0 Å². The number of alkyl halides is 2. The molecule has 2 aromatic carbocycles. The molecule has 0 bridgehead atoms. The van der Waals surface area contributed by atoms with E-state index in [-0.39, 0.29) is 5.75 Å². The van der Waals surface area contributed by atoms with Crippen molar-refractivity contribution in [2.75, 3.05) is 0 Å². The van der Waals surface area contributed by atoms with Crippen molar-refractivity contribution in [2.45, 2.75) is 16.4 Å². The van der Waals surface area contributed by atoms with Gasteiger partial charge in [0, 0.05) is 4.90 Å². The third-order valence-electron chi connectivity index (χ3n) is 2.04. The fourth-order valence-electron chi connectivity index (χ4n) is 1.34. The SMILES string of the molecule is FC(F)Oc1ccccc1Sc1ccccc1. The smallest absolute Gasteiger partial charge is 0.387 e. The largest absolute Gasteiger partial charge is 0.434 e. The Labute approximate surface area is 102 Å². The molecule has 0 N–H and O–H groups in total. The van der Waals surface area contributed by atoms with Crippen LogP contribution in [0.5, 0.6) is 5.75 Å². The van der Waals surface area contributed by atoms with Crippen LogP contribution < -0.4 is 4.74 Å². The van der Waals surface area contributed by atoms with Crippen molar-refractivity contribution in [1.82, 2.24) is 0 Å². The first kappa shape index (κ1) is 11.9. The minimum absolute atomic E-state index is 0.205. The molecule has 17 heavy (non-hydrogen) atoms. The van der Waals surface area contributed by atoms with Crippen molar-refractivity contribution in [1.29, 1.82) is 0 Å². The van der Waals surface area contributed by atoms with E-state index in [1.807, 2.05) is 30.3 Å². The Morgan fingerprint density at radius 3 is 2.24 bits per heavy atom. The Morgan fingerprint density at radius 1 is 0.882 bits per heavy atom. The summed E-state index contributed by atoms with van der Waals surface area (Å²) in [6, 6.07) is 16.3. The lowest BCUT2D eigenvalue weighted by atomic mass is 10.3. The van der Waals surface area contributed by atoms with Crippen LogP contribution in [0, 0.1) is 0 Å². The first-order chi connectivity index (χ1) is 8.25. The first-order valence-electron chi connectivity index (χ1n) is 5.02. The molecule has 0 aliphatic carbocycles. The predicted octanol–water partition coefficient (Wildman–Crippen LogP) is 4.44. The van der Waals surface area contributed by atoms with Gasteiger partial charge in [-0.1, -0.05) is 42.1 Å². The zero-order valence-electron chi connectivity index (χ0n) is 8.85. The standard InChI is InChI=1S/C13H10F2OS/c14-13(15)16-11-8-4-5-9-12(11)17-10-6-2-1-3-7-10/h1-9,13H. The average molecular weight is 252 g/mol. The fourth-order valence-corrected chi connectivity index (χ4v) is 2.25. The van der Waals surface area contributed by atoms with Gasteiger partial charge in [-0.25, -0.2) is 0 Å². The Morgan fingerprint density at radius 2 is 1.53 bits per heavy atom. The maximum Gasteiger partial charge on any atom is 0.387 e. The number of benzene rings is 2. The lowest BCUT2D eigenvalue weighted by molar-refractivity contribution is -0.0516. The van der Waals surface area contributed by atoms with Crippen molar-refractivity contribution >= 4 is 11.8 Å². The van der Waals surface area contributed by atoms with Crippen molar-refractivity contribution in [3.8, 4) is 5.75 Å². The van der Waals surface area contributed by atoms with Crippen molar-refractivity contribution < 1.29 is 13.5 Å². The van der Waals surface area contributed by atoms with E-state index < -0.39 is 6.61 Å². The van der Waals surface area contributed by atoms with E-state index >= 15 is 0 Å². The van der Waals surface area contributed by atoms with Crippen LogP contribution in [-0.2, 0) is 0 Å². The van der Waals surface area contributed by atoms with Gasteiger partial charge in [-0.3, -0.25) is 0 Å². The third-order valence-corrected chi connectivity index (χ3v) is 3.10. The molecule has 2 aromatic rings. The molecule has 0 heterocycles. The van der Waals surface area contributed by atoms with Crippen LogP contribution in [0.25, 0.3) is 0 Å². The van der Waals surface area contributed by atoms with Crippen LogP contribution in [0.3, 0.4) is 0 Å². The molecule has 1 nitrogen and oxygen atoms in total. The Kier molecular flexibility index (Phi) is 3.98. The summed E-state index contributed by atoms with van der Waals surface area (Å²) in [6.07, 6.45) is 0. The fraction of sp³-hybridized carbons (Fsp3) is 0.0769. The number of para-hydroxylation sites is 1. The quantitative estimate of drug-likeness (QED) is 0.795. The molecule has 0 saturated carbocycles. The highest BCUT2D eigenvalue weighted by Gasteiger charge is 2.09. The Balaban J connectivity index is 2.20. The van der Waals surface area contributed by atoms with Gasteiger partial charge in [0.1, 0.15) is 5.75 Å². The highest BCUT2D eigenvalue weighted by Crippen LogP contribution is 2.35. The highest BCUT2D eigenvalue weighted by molar-refractivity contribution is 7.99. The van der Waals surface area contributed by atoms with Crippen molar-refractivity contribution in [2.24, 2.45) is 0 Å². The number of halogens is 2. The van der Waals surface area contributed by atoms with Gasteiger partial charge in [0.05, 0.1) is 4.90 Å². The third kappa shape index (κ3) is 3.46. The molecular weight excluding hydrogens is 242 g/mol. The molecule has 0 atom stereocenters. The minimum Gasteiger partial charge on any atom is -0.434 e. The molecule has 0 aliphatic rings. The van der Waals surface area contributed by atoms with Crippen molar-refractivity contribution in [3.05, 3.63) is 54.6 Å². The minimum atomic E-state index is -2.80. The van der Waals surface area contributed by atoms with Gasteiger partial charge < -0.3 is 4.74 Å². The van der Waals surface area contributed by atoms with Gasteiger partial charge in [-0.15, -0.1) is 0 Å².